The lowest BCUT2D eigenvalue weighted by molar-refractivity contribution is 0.271. The summed E-state index contributed by atoms with van der Waals surface area (Å²) in [6, 6.07) is 20.3. The van der Waals surface area contributed by atoms with Gasteiger partial charge in [0.15, 0.2) is 5.76 Å². The van der Waals surface area contributed by atoms with Crippen molar-refractivity contribution in [2.75, 3.05) is 12.4 Å². The number of anilines is 2. The highest BCUT2D eigenvalue weighted by Gasteiger charge is 2.18. The van der Waals surface area contributed by atoms with E-state index in [1.807, 2.05) is 42.5 Å². The molecule has 0 bridgehead atoms. The highest BCUT2D eigenvalue weighted by Crippen LogP contribution is 2.30. The number of halogens is 1. The van der Waals surface area contributed by atoms with Crippen LogP contribution in [0.2, 0.25) is 0 Å². The molecule has 0 amide bonds. The summed E-state index contributed by atoms with van der Waals surface area (Å²) in [5, 5.41) is 12.4. The molecule has 0 saturated carbocycles. The summed E-state index contributed by atoms with van der Waals surface area (Å²) in [4.78, 5) is 4.22. The summed E-state index contributed by atoms with van der Waals surface area (Å²) in [6.45, 7) is 0.254. The van der Waals surface area contributed by atoms with Crippen molar-refractivity contribution in [3.05, 3.63) is 76.6 Å². The maximum absolute atomic E-state index is 9.39. The third kappa shape index (κ3) is 4.47. The Morgan fingerprint density at radius 3 is 2.43 bits per heavy atom. The molecule has 0 fully saturated rings. The highest BCUT2D eigenvalue weighted by molar-refractivity contribution is 9.10. The van der Waals surface area contributed by atoms with Crippen LogP contribution in [0.25, 0.3) is 11.7 Å². The first kappa shape index (κ1) is 19.6. The number of nitrogens with one attached hydrogen (secondary N) is 1. The van der Waals surface area contributed by atoms with E-state index >= 15 is 0 Å². The van der Waals surface area contributed by atoms with Gasteiger partial charge in [-0.25, -0.2) is 0 Å². The lowest BCUT2D eigenvalue weighted by Crippen LogP contribution is -1.93. The number of ether oxygens (including phenoxy) is 2. The fourth-order valence-corrected chi connectivity index (χ4v) is 2.91. The summed E-state index contributed by atoms with van der Waals surface area (Å²) in [7, 11) is 1.60. The number of aromatic nitrogens is 1. The zero-order chi connectivity index (χ0) is 20.9. The topological polar surface area (TPSA) is 93.4 Å². The third-order valence-corrected chi connectivity index (χ3v) is 4.68. The van der Waals surface area contributed by atoms with Gasteiger partial charge in [0.25, 0.3) is 5.89 Å². The van der Waals surface area contributed by atoms with Crippen molar-refractivity contribution in [2.45, 2.75) is 6.61 Å². The average molecular weight is 466 g/mol. The predicted molar refractivity (Wildman–Crippen MR) is 114 cm³/mol. The Balaban J connectivity index is 1.47. The number of rotatable bonds is 7. The van der Waals surface area contributed by atoms with E-state index in [0.29, 0.717) is 11.5 Å². The molecule has 0 saturated heterocycles. The molecular formula is C22H16BrN3O4. The van der Waals surface area contributed by atoms with Gasteiger partial charge in [0.2, 0.25) is 11.6 Å². The molecule has 7 nitrogen and oxygen atoms in total. The van der Waals surface area contributed by atoms with Crippen molar-refractivity contribution < 1.29 is 18.3 Å². The zero-order valence-corrected chi connectivity index (χ0v) is 17.5. The summed E-state index contributed by atoms with van der Waals surface area (Å²) < 4.78 is 23.3. The zero-order valence-electron chi connectivity index (χ0n) is 15.9. The maximum atomic E-state index is 9.39. The van der Waals surface area contributed by atoms with Gasteiger partial charge in [0.1, 0.15) is 29.9 Å². The lowest BCUT2D eigenvalue weighted by Gasteiger charge is -2.04. The second-order valence-corrected chi connectivity index (χ2v) is 7.09. The van der Waals surface area contributed by atoms with Crippen LogP contribution in [-0.2, 0) is 6.61 Å². The summed E-state index contributed by atoms with van der Waals surface area (Å²) in [6.07, 6.45) is 0. The SMILES string of the molecule is COc1ccc(Nc2oc(-c3ccc(COc4ccc(Br)cc4)o3)nc2C#N)cc1. The molecule has 0 aliphatic heterocycles. The highest BCUT2D eigenvalue weighted by atomic mass is 79.9. The van der Waals surface area contributed by atoms with E-state index in [-0.39, 0.29) is 24.1 Å². The number of benzene rings is 2. The van der Waals surface area contributed by atoms with Crippen molar-refractivity contribution in [3.63, 3.8) is 0 Å². The van der Waals surface area contributed by atoms with E-state index in [0.717, 1.165) is 21.7 Å². The molecule has 4 rings (SSSR count). The Morgan fingerprint density at radius 1 is 1.00 bits per heavy atom. The smallest absolute Gasteiger partial charge is 0.266 e. The largest absolute Gasteiger partial charge is 0.497 e. The molecule has 2 heterocycles. The molecule has 0 atom stereocenters. The van der Waals surface area contributed by atoms with Crippen LogP contribution in [-0.4, -0.2) is 12.1 Å². The van der Waals surface area contributed by atoms with E-state index in [1.54, 1.807) is 31.4 Å². The summed E-state index contributed by atoms with van der Waals surface area (Å²) >= 11 is 3.39. The standard InChI is InChI=1S/C22H16BrN3O4/c1-27-16-8-4-15(5-9-16)25-21-19(12-24)26-22(30-21)20-11-10-18(29-20)13-28-17-6-2-14(23)3-7-17/h2-11,25H,13H2,1H3. The summed E-state index contributed by atoms with van der Waals surface area (Å²) in [5.41, 5.74) is 0.864. The first-order valence-electron chi connectivity index (χ1n) is 8.94. The van der Waals surface area contributed by atoms with Crippen LogP contribution < -0.4 is 14.8 Å². The lowest BCUT2D eigenvalue weighted by atomic mass is 10.3. The summed E-state index contributed by atoms with van der Waals surface area (Å²) in [5.74, 6) is 2.91. The fourth-order valence-electron chi connectivity index (χ4n) is 2.65. The van der Waals surface area contributed by atoms with Gasteiger partial charge in [-0.05, 0) is 60.7 Å². The first-order valence-corrected chi connectivity index (χ1v) is 9.73. The number of hydrogen-bond donors (Lipinski definition) is 1. The average Bonchev–Trinajstić information content (AvgIpc) is 3.41. The van der Waals surface area contributed by atoms with E-state index in [4.69, 9.17) is 18.3 Å². The van der Waals surface area contributed by atoms with Gasteiger partial charge in [-0.1, -0.05) is 15.9 Å². The molecule has 150 valence electrons. The molecule has 0 radical (unpaired) electrons. The Hall–Kier alpha value is -3.70. The molecule has 2 aromatic carbocycles. The van der Waals surface area contributed by atoms with Crippen LogP contribution in [0, 0.1) is 11.3 Å². The molecule has 2 aromatic heterocycles. The molecule has 1 N–H and O–H groups in total. The maximum Gasteiger partial charge on any atom is 0.266 e. The number of nitriles is 1. The number of methoxy groups -OCH3 is 1. The van der Waals surface area contributed by atoms with E-state index < -0.39 is 0 Å². The molecular weight excluding hydrogens is 450 g/mol. The Bertz CT molecular complexity index is 1170. The van der Waals surface area contributed by atoms with Gasteiger partial charge in [-0.15, -0.1) is 0 Å². The van der Waals surface area contributed by atoms with E-state index in [1.165, 1.54) is 0 Å². The number of oxazole rings is 1. The van der Waals surface area contributed by atoms with Gasteiger partial charge < -0.3 is 23.6 Å². The molecule has 0 unspecified atom stereocenters. The molecule has 0 aliphatic carbocycles. The minimum atomic E-state index is 0.130. The number of nitrogens with zero attached hydrogens (tertiary/aromatic N) is 2. The van der Waals surface area contributed by atoms with Crippen molar-refractivity contribution in [1.82, 2.24) is 4.98 Å². The van der Waals surface area contributed by atoms with Crippen LogP contribution in [0.3, 0.4) is 0 Å². The van der Waals surface area contributed by atoms with Gasteiger partial charge in [0, 0.05) is 10.2 Å². The van der Waals surface area contributed by atoms with Crippen molar-refractivity contribution in [1.29, 1.82) is 5.26 Å². The molecule has 8 heteroatoms. The minimum absolute atomic E-state index is 0.130. The van der Waals surface area contributed by atoms with Crippen LogP contribution in [0.1, 0.15) is 11.5 Å². The van der Waals surface area contributed by atoms with Gasteiger partial charge >= 0.3 is 0 Å². The molecule has 0 spiro atoms. The minimum Gasteiger partial charge on any atom is -0.497 e. The molecule has 4 aromatic rings. The van der Waals surface area contributed by atoms with Crippen molar-refractivity contribution in [2.24, 2.45) is 0 Å². The monoisotopic (exact) mass is 465 g/mol. The quantitative estimate of drug-likeness (QED) is 0.363. The Kier molecular flexibility index (Phi) is 5.72. The van der Waals surface area contributed by atoms with E-state index in [2.05, 4.69) is 26.2 Å². The first-order chi connectivity index (χ1) is 14.6. The number of hydrogen-bond acceptors (Lipinski definition) is 7. The Labute approximate surface area is 181 Å². The van der Waals surface area contributed by atoms with Crippen LogP contribution in [0.15, 0.2) is 74.0 Å². The molecule has 30 heavy (non-hydrogen) atoms. The number of furan rings is 1. The second-order valence-electron chi connectivity index (χ2n) is 6.17. The molecule has 0 aliphatic rings. The van der Waals surface area contributed by atoms with Gasteiger partial charge in [-0.3, -0.25) is 0 Å². The van der Waals surface area contributed by atoms with Crippen LogP contribution in [0.4, 0.5) is 11.6 Å². The van der Waals surface area contributed by atoms with Crippen molar-refractivity contribution in [3.8, 4) is 29.2 Å². The van der Waals surface area contributed by atoms with Gasteiger partial charge in [-0.2, -0.15) is 10.2 Å². The normalized spacial score (nSPS) is 10.4. The van der Waals surface area contributed by atoms with Crippen molar-refractivity contribution >= 4 is 27.5 Å². The van der Waals surface area contributed by atoms with E-state index in [9.17, 15) is 5.26 Å². The van der Waals surface area contributed by atoms with Crippen LogP contribution in [0.5, 0.6) is 11.5 Å². The predicted octanol–water partition coefficient (Wildman–Crippen LogP) is 5.90. The second kappa shape index (κ2) is 8.76. The fraction of sp³-hybridized carbons (Fsp3) is 0.0909. The third-order valence-electron chi connectivity index (χ3n) is 4.15. The Morgan fingerprint density at radius 2 is 1.73 bits per heavy atom. The van der Waals surface area contributed by atoms with Gasteiger partial charge in [0.05, 0.1) is 7.11 Å². The van der Waals surface area contributed by atoms with Crippen LogP contribution >= 0.6 is 15.9 Å².